The van der Waals surface area contributed by atoms with Crippen molar-refractivity contribution in [3.63, 3.8) is 0 Å². The second-order valence-corrected chi connectivity index (χ2v) is 29.0. The van der Waals surface area contributed by atoms with E-state index in [0.717, 1.165) is 150 Å². The fourth-order valence-electron chi connectivity index (χ4n) is 14.5. The maximum absolute atomic E-state index is 5.93. The fraction of sp³-hybridized carbons (Fsp3) is 0.281. The zero-order valence-corrected chi connectivity index (χ0v) is 65.5. The highest BCUT2D eigenvalue weighted by atomic mass is 16.5. The van der Waals surface area contributed by atoms with Crippen LogP contribution in [0.25, 0.3) is 50.7 Å². The van der Waals surface area contributed by atoms with E-state index in [4.69, 9.17) is 48.3 Å². The molecular weight excluding hydrogens is 1440 g/mol. The van der Waals surface area contributed by atoms with E-state index in [1.165, 1.54) is 77.8 Å². The van der Waals surface area contributed by atoms with Crippen LogP contribution in [-0.4, -0.2) is 152 Å². The Morgan fingerprint density at radius 1 is 0.374 bits per heavy atom. The van der Waals surface area contributed by atoms with Crippen molar-refractivity contribution in [2.24, 2.45) is 7.05 Å². The first-order valence-electron chi connectivity index (χ1n) is 39.7. The predicted octanol–water partition coefficient (Wildman–Crippen LogP) is 16.9. The minimum atomic E-state index is 0.538. The predicted molar refractivity (Wildman–Crippen MR) is 453 cm³/mol. The second-order valence-electron chi connectivity index (χ2n) is 29.0. The third kappa shape index (κ3) is 20.1. The molecule has 3 saturated heterocycles. The van der Waals surface area contributed by atoms with E-state index in [1.807, 2.05) is 216 Å². The lowest BCUT2D eigenvalue weighted by Gasteiger charge is -2.15. The Morgan fingerprint density at radius 3 is 1.11 bits per heavy atom. The van der Waals surface area contributed by atoms with Gasteiger partial charge in [0.2, 0.25) is 17.8 Å². The molecule has 3 fully saturated rings. The number of furan rings is 1. The summed E-state index contributed by atoms with van der Waals surface area (Å²) < 4.78 is 36.5. The summed E-state index contributed by atoms with van der Waals surface area (Å²) in [5.41, 5.74) is 16.1. The topological polar surface area (TPSA) is 257 Å². The molecule has 26 nitrogen and oxygen atoms in total. The Morgan fingerprint density at radius 2 is 0.757 bits per heavy atom. The van der Waals surface area contributed by atoms with Gasteiger partial charge in [-0.25, -0.2) is 18.5 Å². The monoisotopic (exact) mass is 1540 g/mol. The lowest BCUT2D eigenvalue weighted by Crippen LogP contribution is -2.25. The van der Waals surface area contributed by atoms with Gasteiger partial charge in [-0.15, -0.1) is 15.3 Å². The highest BCUT2D eigenvalue weighted by molar-refractivity contribution is 5.72. The van der Waals surface area contributed by atoms with Crippen LogP contribution in [0.15, 0.2) is 233 Å². The van der Waals surface area contributed by atoms with Crippen molar-refractivity contribution in [2.45, 2.75) is 78.9 Å². The van der Waals surface area contributed by atoms with Gasteiger partial charge in [-0.2, -0.15) is 20.1 Å². The summed E-state index contributed by atoms with van der Waals surface area (Å²) >= 11 is 0. The van der Waals surface area contributed by atoms with Crippen molar-refractivity contribution in [1.82, 2.24) is 73.3 Å². The van der Waals surface area contributed by atoms with Crippen LogP contribution < -0.4 is 46.1 Å². The number of aromatic nitrogens is 12. The molecule has 26 heteroatoms. The number of nitrogens with zero attached hydrogens (tertiary/aromatic N) is 15. The van der Waals surface area contributed by atoms with E-state index < -0.39 is 0 Å². The molecule has 588 valence electrons. The van der Waals surface area contributed by atoms with Crippen molar-refractivity contribution >= 4 is 68.9 Å². The summed E-state index contributed by atoms with van der Waals surface area (Å²) in [4.78, 5) is 25.9. The van der Waals surface area contributed by atoms with Gasteiger partial charge < -0.3 is 54.9 Å². The van der Waals surface area contributed by atoms with E-state index in [9.17, 15) is 0 Å². The molecule has 0 bridgehead atoms. The Bertz CT molecular complexity index is 5650. The highest BCUT2D eigenvalue weighted by Crippen LogP contribution is 2.31. The number of anilines is 9. The normalized spacial score (nSPS) is 13.7. The summed E-state index contributed by atoms with van der Waals surface area (Å²) in [7, 11) is 1.95. The quantitative estimate of drug-likeness (QED) is 0.0245. The molecule has 15 aromatic rings. The minimum Gasteiger partial charge on any atom is -0.492 e. The van der Waals surface area contributed by atoms with E-state index in [2.05, 4.69) is 116 Å². The van der Waals surface area contributed by atoms with Crippen molar-refractivity contribution in [2.75, 3.05) is 111 Å². The first-order chi connectivity index (χ1) is 56.5. The van der Waals surface area contributed by atoms with Crippen molar-refractivity contribution < 1.29 is 23.0 Å². The Balaban J connectivity index is 0.000000130. The third-order valence-corrected chi connectivity index (χ3v) is 20.6. The van der Waals surface area contributed by atoms with Crippen LogP contribution in [0.1, 0.15) is 73.1 Å². The summed E-state index contributed by atoms with van der Waals surface area (Å²) in [5, 5.41) is 38.8. The van der Waals surface area contributed by atoms with Crippen LogP contribution in [0.4, 0.5) is 52.0 Å². The average molecular weight is 1540 g/mol. The maximum atomic E-state index is 5.93. The van der Waals surface area contributed by atoms with Crippen LogP contribution >= 0.6 is 0 Å². The number of benzene rings is 6. The number of ether oxygens (including phenoxy) is 3. The molecule has 12 heterocycles. The summed E-state index contributed by atoms with van der Waals surface area (Å²) in [6, 6.07) is 72.7. The largest absolute Gasteiger partial charge is 0.492 e. The SMILES string of the molecule is Cc1ccc(CNc2cccc(-c3cccc4nc(Nc5ccc(OCCN6CCCC6)cc5)nn34)c2)o1.Cc1nc(CNc2cccc(-c3cccc4nc(Nc5ccc(OCCN6CCCC6)cc5)nn34)c2)c(C)o1.Cn1nccc1CNc1cccc(-c2cccc3nc(Nc4ccc(OCCN5CCCC5)cc4)nn23)c1. The molecule has 18 rings (SSSR count). The second kappa shape index (κ2) is 36.6. The van der Waals surface area contributed by atoms with Gasteiger partial charge in [-0.1, -0.05) is 54.6 Å². The maximum Gasteiger partial charge on any atom is 0.247 e. The zero-order valence-electron chi connectivity index (χ0n) is 65.5. The average Bonchev–Trinajstić information content (AvgIpc) is 1.68. The molecule has 9 aromatic heterocycles. The molecule has 3 aliphatic rings. The van der Waals surface area contributed by atoms with Crippen LogP contribution in [0.5, 0.6) is 17.2 Å². The molecule has 6 aromatic carbocycles. The lowest BCUT2D eigenvalue weighted by molar-refractivity contribution is 0.237. The molecule has 0 radical (unpaired) electrons. The van der Waals surface area contributed by atoms with E-state index in [1.54, 1.807) is 0 Å². The number of likely N-dealkylation sites (tertiary alicyclic amines) is 3. The molecule has 0 spiro atoms. The van der Waals surface area contributed by atoms with Crippen LogP contribution in [0.3, 0.4) is 0 Å². The molecule has 0 aliphatic carbocycles. The van der Waals surface area contributed by atoms with Crippen LogP contribution in [-0.2, 0) is 26.7 Å². The number of fused-ring (bicyclic) bond motifs is 3. The third-order valence-electron chi connectivity index (χ3n) is 20.6. The summed E-state index contributed by atoms with van der Waals surface area (Å²) in [6.07, 6.45) is 9.61. The number of aryl methyl sites for hydroxylation is 4. The number of rotatable bonds is 30. The molecule has 0 atom stereocenters. The van der Waals surface area contributed by atoms with Gasteiger partial charge in [0.05, 0.1) is 42.4 Å². The van der Waals surface area contributed by atoms with Crippen molar-refractivity contribution in [1.29, 1.82) is 0 Å². The zero-order chi connectivity index (χ0) is 78.1. The molecule has 0 amide bonds. The van der Waals surface area contributed by atoms with Crippen molar-refractivity contribution in [3.05, 3.63) is 259 Å². The number of pyridine rings is 3. The van der Waals surface area contributed by atoms with Crippen molar-refractivity contribution in [3.8, 4) is 51.0 Å². The fourth-order valence-corrected chi connectivity index (χ4v) is 14.5. The Hall–Kier alpha value is -13.0. The van der Waals surface area contributed by atoms with Gasteiger partial charge in [-0.05, 0) is 255 Å². The Labute approximate surface area is 668 Å². The van der Waals surface area contributed by atoms with Gasteiger partial charge >= 0.3 is 0 Å². The van der Waals surface area contributed by atoms with Gasteiger partial charge in [0.1, 0.15) is 60.0 Å². The van der Waals surface area contributed by atoms with Crippen LogP contribution in [0, 0.1) is 20.8 Å². The van der Waals surface area contributed by atoms with Gasteiger partial charge in [-0.3, -0.25) is 19.4 Å². The molecule has 0 unspecified atom stereocenters. The number of nitrogens with one attached hydrogen (secondary N) is 6. The van der Waals surface area contributed by atoms with Gasteiger partial charge in [0.15, 0.2) is 22.8 Å². The lowest BCUT2D eigenvalue weighted by atomic mass is 10.1. The van der Waals surface area contributed by atoms with Gasteiger partial charge in [0.25, 0.3) is 0 Å². The number of oxazole rings is 1. The molecule has 0 saturated carbocycles. The first-order valence-corrected chi connectivity index (χ1v) is 39.7. The summed E-state index contributed by atoms with van der Waals surface area (Å²) in [5.74, 6) is 7.57. The number of hydrogen-bond donors (Lipinski definition) is 6. The van der Waals surface area contributed by atoms with E-state index in [0.29, 0.717) is 63.2 Å². The number of hydrogen-bond acceptors (Lipinski definition) is 22. The first kappa shape index (κ1) is 76.0. The highest BCUT2D eigenvalue weighted by Gasteiger charge is 2.19. The minimum absolute atomic E-state index is 0.538. The van der Waals surface area contributed by atoms with E-state index in [-0.39, 0.29) is 0 Å². The smallest absolute Gasteiger partial charge is 0.247 e. The standard InChI is InChI=1S/C30H33N7O2.C30H32N6O2.C29H32N8O/c1-21-27(32-22(2)39-21)20-31-25-8-5-7-23(19-25)28-9-6-10-29-34-30(35-37(28)29)33-24-11-13-26(14-12-24)38-18-17-36-15-3-4-16-36;1-22-10-13-27(38-22)21-31-25-7-4-6-23(20-25)28-8-5-9-29-33-30(34-36(28)29)32-24-11-14-26(15-12-24)37-19-18-35-16-2-3-17-35;1-35-25(14-15-31-35)21-30-24-7-4-6-22(20-24)27-8-5-9-28-33-29(34-37(27)28)32-23-10-12-26(13-11-23)38-19-18-36-16-2-3-17-36/h5-14,19,31H,3-4,15-18,20H2,1-2H3,(H,33,35);4-15,20,31H,2-3,16-19,21H2,1H3,(H,32,34);4-15,20,30H,2-3,16-19,21H2,1H3,(H,32,34). The van der Waals surface area contributed by atoms with E-state index >= 15 is 0 Å². The molecule has 115 heavy (non-hydrogen) atoms. The molecular formula is C89H97N21O5. The molecule has 6 N–H and O–H groups in total. The van der Waals surface area contributed by atoms with Crippen LogP contribution in [0.2, 0.25) is 0 Å². The summed E-state index contributed by atoms with van der Waals surface area (Å²) in [6.45, 7) is 19.9. The Kier molecular flexibility index (Phi) is 24.2. The van der Waals surface area contributed by atoms with Gasteiger partial charge in [0, 0.05) is 90.6 Å². The molecule has 3 aliphatic heterocycles.